The summed E-state index contributed by atoms with van der Waals surface area (Å²) in [6.07, 6.45) is 5.71. The van der Waals surface area contributed by atoms with Gasteiger partial charge in [0.1, 0.15) is 17.0 Å². The molecule has 3 heterocycles. The second-order valence-corrected chi connectivity index (χ2v) is 8.49. The fraction of sp³-hybridized carbons (Fsp3) is 0.458. The van der Waals surface area contributed by atoms with Crippen LogP contribution in [0.3, 0.4) is 0 Å². The summed E-state index contributed by atoms with van der Waals surface area (Å²) in [4.78, 5) is 12.7. The van der Waals surface area contributed by atoms with Crippen molar-refractivity contribution < 1.29 is 8.78 Å². The molecule has 0 spiro atoms. The molecule has 1 aliphatic heterocycles. The maximum absolute atomic E-state index is 15.0. The maximum Gasteiger partial charge on any atom is 0.223 e. The van der Waals surface area contributed by atoms with Gasteiger partial charge >= 0.3 is 0 Å². The van der Waals surface area contributed by atoms with Gasteiger partial charge in [0.05, 0.1) is 6.20 Å². The summed E-state index contributed by atoms with van der Waals surface area (Å²) in [5.74, 6) is -0.0405. The van der Waals surface area contributed by atoms with E-state index in [1.54, 1.807) is 12.3 Å². The highest BCUT2D eigenvalue weighted by Gasteiger charge is 2.20. The SMILES string of the molecule is CCC(C)C(C)c1ccnc2c(F)cc(-c3nc(NC4CCNCC4)ncc3F)cc12. The summed E-state index contributed by atoms with van der Waals surface area (Å²) >= 11 is 0. The third kappa shape index (κ3) is 4.51. The zero-order chi connectivity index (χ0) is 22.0. The highest BCUT2D eigenvalue weighted by molar-refractivity contribution is 5.87. The van der Waals surface area contributed by atoms with Crippen LogP contribution in [0.2, 0.25) is 0 Å². The van der Waals surface area contributed by atoms with E-state index in [1.807, 2.05) is 6.07 Å². The second kappa shape index (κ2) is 9.22. The van der Waals surface area contributed by atoms with Gasteiger partial charge in [0.15, 0.2) is 5.82 Å². The molecule has 0 amide bonds. The number of fused-ring (bicyclic) bond motifs is 1. The first kappa shape index (κ1) is 21.6. The van der Waals surface area contributed by atoms with Crippen LogP contribution >= 0.6 is 0 Å². The normalized spacial score (nSPS) is 16.9. The zero-order valence-electron chi connectivity index (χ0n) is 18.3. The van der Waals surface area contributed by atoms with Crippen LogP contribution in [0.1, 0.15) is 51.5 Å². The molecule has 2 unspecified atom stereocenters. The molecule has 7 heteroatoms. The summed E-state index contributed by atoms with van der Waals surface area (Å²) in [5.41, 5.74) is 1.81. The molecule has 0 radical (unpaired) electrons. The van der Waals surface area contributed by atoms with E-state index >= 15 is 4.39 Å². The minimum atomic E-state index is -0.574. The van der Waals surface area contributed by atoms with Gasteiger partial charge in [0.25, 0.3) is 0 Å². The molecule has 1 aromatic carbocycles. The van der Waals surface area contributed by atoms with Crippen molar-refractivity contribution in [3.05, 3.63) is 47.8 Å². The van der Waals surface area contributed by atoms with Crippen molar-refractivity contribution in [1.29, 1.82) is 0 Å². The summed E-state index contributed by atoms with van der Waals surface area (Å²) in [6.45, 7) is 8.31. The molecule has 2 atom stereocenters. The second-order valence-electron chi connectivity index (χ2n) is 8.49. The number of pyridine rings is 1. The van der Waals surface area contributed by atoms with E-state index < -0.39 is 11.6 Å². The van der Waals surface area contributed by atoms with E-state index in [4.69, 9.17) is 0 Å². The van der Waals surface area contributed by atoms with Gasteiger partial charge in [-0.2, -0.15) is 0 Å². The Balaban J connectivity index is 1.76. The highest BCUT2D eigenvalue weighted by Crippen LogP contribution is 2.35. The quantitative estimate of drug-likeness (QED) is 0.562. The number of rotatable bonds is 6. The van der Waals surface area contributed by atoms with Gasteiger partial charge in [-0.05, 0) is 61.5 Å². The van der Waals surface area contributed by atoms with Gasteiger partial charge < -0.3 is 10.6 Å². The monoisotopic (exact) mass is 425 g/mol. The topological polar surface area (TPSA) is 62.7 Å². The van der Waals surface area contributed by atoms with E-state index in [0.29, 0.717) is 28.3 Å². The molecule has 1 aliphatic rings. The Hall–Kier alpha value is -2.67. The Kier molecular flexibility index (Phi) is 6.41. The molecule has 31 heavy (non-hydrogen) atoms. The Morgan fingerprint density at radius 3 is 2.65 bits per heavy atom. The first-order valence-electron chi connectivity index (χ1n) is 11.1. The van der Waals surface area contributed by atoms with Crippen molar-refractivity contribution in [3.8, 4) is 11.3 Å². The number of nitrogens with zero attached hydrogens (tertiary/aromatic N) is 3. The van der Waals surface area contributed by atoms with Crippen molar-refractivity contribution in [2.45, 2.75) is 52.0 Å². The van der Waals surface area contributed by atoms with Crippen molar-refractivity contribution in [2.75, 3.05) is 18.4 Å². The van der Waals surface area contributed by atoms with Crippen molar-refractivity contribution in [2.24, 2.45) is 5.92 Å². The van der Waals surface area contributed by atoms with E-state index in [2.05, 4.69) is 46.4 Å². The van der Waals surface area contributed by atoms with E-state index in [0.717, 1.165) is 44.1 Å². The number of hydrogen-bond donors (Lipinski definition) is 2. The number of aromatic nitrogens is 3. The van der Waals surface area contributed by atoms with Crippen LogP contribution in [0.5, 0.6) is 0 Å². The first-order chi connectivity index (χ1) is 15.0. The standard InChI is InChI=1S/C24H29F2N5/c1-4-14(2)15(3)18-7-10-28-23-19(18)11-16(12-20(23)25)22-21(26)13-29-24(31-22)30-17-5-8-27-9-6-17/h7,10-15,17,27H,4-6,8-9H2,1-3H3,(H,29,30,31). The third-order valence-corrected chi connectivity index (χ3v) is 6.51. The number of anilines is 1. The molecular formula is C24H29F2N5. The number of piperidine rings is 1. The van der Waals surface area contributed by atoms with E-state index in [1.165, 1.54) is 6.07 Å². The fourth-order valence-corrected chi connectivity index (χ4v) is 4.21. The van der Waals surface area contributed by atoms with Gasteiger partial charge in [-0.3, -0.25) is 4.98 Å². The first-order valence-corrected chi connectivity index (χ1v) is 11.1. The van der Waals surface area contributed by atoms with Gasteiger partial charge in [0.2, 0.25) is 5.95 Å². The Labute approximate surface area is 181 Å². The molecule has 0 bridgehead atoms. The number of nitrogens with one attached hydrogen (secondary N) is 2. The summed E-state index contributed by atoms with van der Waals surface area (Å²) in [5, 5.41) is 7.30. The molecule has 164 valence electrons. The molecule has 4 rings (SSSR count). The molecule has 1 saturated heterocycles. The lowest BCUT2D eigenvalue weighted by Crippen LogP contribution is -2.35. The van der Waals surface area contributed by atoms with Crippen LogP contribution in [-0.4, -0.2) is 34.1 Å². The molecule has 3 aromatic rings. The Bertz CT molecular complexity index is 1070. The molecule has 2 aromatic heterocycles. The van der Waals surface area contributed by atoms with Gasteiger partial charge in [0, 0.05) is 23.2 Å². The van der Waals surface area contributed by atoms with E-state index in [9.17, 15) is 4.39 Å². The van der Waals surface area contributed by atoms with Crippen LogP contribution in [0, 0.1) is 17.6 Å². The van der Waals surface area contributed by atoms with Crippen LogP contribution in [0.15, 0.2) is 30.6 Å². The largest absolute Gasteiger partial charge is 0.351 e. The number of benzene rings is 1. The molecule has 2 N–H and O–H groups in total. The summed E-state index contributed by atoms with van der Waals surface area (Å²) < 4.78 is 29.7. The lowest BCUT2D eigenvalue weighted by atomic mass is 9.85. The zero-order valence-corrected chi connectivity index (χ0v) is 18.3. The van der Waals surface area contributed by atoms with Crippen molar-refractivity contribution >= 4 is 16.9 Å². The number of hydrogen-bond acceptors (Lipinski definition) is 5. The third-order valence-electron chi connectivity index (χ3n) is 6.51. The van der Waals surface area contributed by atoms with Gasteiger partial charge in [-0.15, -0.1) is 0 Å². The summed E-state index contributed by atoms with van der Waals surface area (Å²) in [6, 6.07) is 5.29. The van der Waals surface area contributed by atoms with E-state index in [-0.39, 0.29) is 17.7 Å². The molecule has 0 aliphatic carbocycles. The highest BCUT2D eigenvalue weighted by atomic mass is 19.1. The minimum Gasteiger partial charge on any atom is -0.351 e. The van der Waals surface area contributed by atoms with Gasteiger partial charge in [-0.1, -0.05) is 27.2 Å². The lowest BCUT2D eigenvalue weighted by molar-refractivity contribution is 0.475. The van der Waals surface area contributed by atoms with Crippen LogP contribution in [0.4, 0.5) is 14.7 Å². The molecule has 0 saturated carbocycles. The molecule has 1 fully saturated rings. The molecule has 5 nitrogen and oxygen atoms in total. The average Bonchev–Trinajstić information content (AvgIpc) is 2.79. The van der Waals surface area contributed by atoms with Crippen LogP contribution in [0.25, 0.3) is 22.2 Å². The number of halogens is 2. The predicted octanol–water partition coefficient (Wildman–Crippen LogP) is 5.28. The predicted molar refractivity (Wildman–Crippen MR) is 120 cm³/mol. The Morgan fingerprint density at radius 1 is 1.13 bits per heavy atom. The average molecular weight is 426 g/mol. The minimum absolute atomic E-state index is 0.0956. The Morgan fingerprint density at radius 2 is 1.90 bits per heavy atom. The van der Waals surface area contributed by atoms with Gasteiger partial charge in [-0.25, -0.2) is 18.7 Å². The van der Waals surface area contributed by atoms with Crippen molar-refractivity contribution in [3.63, 3.8) is 0 Å². The van der Waals surface area contributed by atoms with Crippen molar-refractivity contribution in [1.82, 2.24) is 20.3 Å². The lowest BCUT2D eigenvalue weighted by Gasteiger charge is -2.23. The van der Waals surface area contributed by atoms with Crippen LogP contribution in [-0.2, 0) is 0 Å². The van der Waals surface area contributed by atoms with Crippen LogP contribution < -0.4 is 10.6 Å². The fourth-order valence-electron chi connectivity index (χ4n) is 4.21. The maximum atomic E-state index is 15.0. The summed E-state index contributed by atoms with van der Waals surface area (Å²) in [7, 11) is 0. The molecular weight excluding hydrogens is 396 g/mol. The smallest absolute Gasteiger partial charge is 0.223 e.